The molecule has 0 radical (unpaired) electrons. The molecule has 3 rings (SSSR count). The molecule has 2 N–H and O–H groups in total. The summed E-state index contributed by atoms with van der Waals surface area (Å²) in [5.41, 5.74) is 1.84. The van der Waals surface area contributed by atoms with Gasteiger partial charge in [-0.1, -0.05) is 23.7 Å². The molecule has 158 valence electrons. The largest absolute Gasteiger partial charge is 0.484 e. The first-order chi connectivity index (χ1) is 14.9. The van der Waals surface area contributed by atoms with Gasteiger partial charge in [0, 0.05) is 16.4 Å². The number of hydrogen-bond donors (Lipinski definition) is 2. The van der Waals surface area contributed by atoms with E-state index in [-0.39, 0.29) is 17.4 Å². The van der Waals surface area contributed by atoms with Crippen LogP contribution in [0.25, 0.3) is 0 Å². The third kappa shape index (κ3) is 6.47. The van der Waals surface area contributed by atoms with Crippen LogP contribution >= 0.6 is 11.6 Å². The van der Waals surface area contributed by atoms with Gasteiger partial charge in [0.1, 0.15) is 5.75 Å². The first kappa shape index (κ1) is 22.2. The number of rotatable bonds is 8. The van der Waals surface area contributed by atoms with E-state index in [0.717, 1.165) is 5.56 Å². The Morgan fingerprint density at radius 1 is 0.935 bits per heavy atom. The Labute approximate surface area is 185 Å². The molecule has 0 aliphatic carbocycles. The summed E-state index contributed by atoms with van der Waals surface area (Å²) in [5.74, 6) is -0.0147. The average molecular weight is 456 g/mol. The number of nitrogens with one attached hydrogen (secondary N) is 2. The van der Waals surface area contributed by atoms with Crippen LogP contribution in [0.4, 0.5) is 11.4 Å². The van der Waals surface area contributed by atoms with Gasteiger partial charge in [-0.3, -0.25) is 9.52 Å². The van der Waals surface area contributed by atoms with Crippen molar-refractivity contribution in [3.63, 3.8) is 0 Å². The molecule has 7 nitrogen and oxygen atoms in total. The molecule has 0 spiro atoms. The molecule has 0 fully saturated rings. The van der Waals surface area contributed by atoms with Crippen LogP contribution in [0.5, 0.6) is 5.75 Å². The van der Waals surface area contributed by atoms with Crippen molar-refractivity contribution >= 4 is 38.9 Å². The monoisotopic (exact) mass is 455 g/mol. The average Bonchev–Trinajstić information content (AvgIpc) is 2.76. The van der Waals surface area contributed by atoms with E-state index < -0.39 is 10.0 Å². The maximum absolute atomic E-state index is 12.5. The SMILES string of the molecule is N#CCc1ccc(NC(=O)COc2ccc(S(=O)(=O)Nc3ccc(Cl)cc3)cc2)cc1. The van der Waals surface area contributed by atoms with Crippen molar-refractivity contribution in [2.45, 2.75) is 11.3 Å². The molecule has 31 heavy (non-hydrogen) atoms. The summed E-state index contributed by atoms with van der Waals surface area (Å²) in [6.45, 7) is -0.241. The number of hydrogen-bond acceptors (Lipinski definition) is 5. The Morgan fingerprint density at radius 2 is 1.55 bits per heavy atom. The quantitative estimate of drug-likeness (QED) is 0.528. The summed E-state index contributed by atoms with van der Waals surface area (Å²) in [7, 11) is -3.77. The molecular formula is C22H18ClN3O4S. The Bertz CT molecular complexity index is 1190. The van der Waals surface area contributed by atoms with Gasteiger partial charge >= 0.3 is 0 Å². The van der Waals surface area contributed by atoms with Gasteiger partial charge in [0.2, 0.25) is 0 Å². The molecule has 0 saturated carbocycles. The molecule has 0 atom stereocenters. The maximum atomic E-state index is 12.5. The zero-order valence-electron chi connectivity index (χ0n) is 16.2. The zero-order chi connectivity index (χ0) is 22.3. The second kappa shape index (κ2) is 9.98. The first-order valence-electron chi connectivity index (χ1n) is 9.13. The molecule has 0 aliphatic rings. The van der Waals surface area contributed by atoms with Crippen molar-refractivity contribution < 1.29 is 17.9 Å². The van der Waals surface area contributed by atoms with Crippen LogP contribution < -0.4 is 14.8 Å². The van der Waals surface area contributed by atoms with Crippen LogP contribution in [0.3, 0.4) is 0 Å². The minimum Gasteiger partial charge on any atom is -0.484 e. The van der Waals surface area contributed by atoms with Crippen molar-refractivity contribution in [2.75, 3.05) is 16.6 Å². The highest BCUT2D eigenvalue weighted by Crippen LogP contribution is 2.20. The van der Waals surface area contributed by atoms with Gasteiger partial charge in [0.15, 0.2) is 6.61 Å². The van der Waals surface area contributed by atoms with Crippen molar-refractivity contribution in [3.05, 3.63) is 83.4 Å². The molecule has 3 aromatic rings. The van der Waals surface area contributed by atoms with E-state index in [9.17, 15) is 13.2 Å². The van der Waals surface area contributed by atoms with Crippen LogP contribution in [0.15, 0.2) is 77.7 Å². The molecule has 3 aromatic carbocycles. The van der Waals surface area contributed by atoms with E-state index in [0.29, 0.717) is 28.6 Å². The molecule has 0 aromatic heterocycles. The number of nitrogens with zero attached hydrogens (tertiary/aromatic N) is 1. The van der Waals surface area contributed by atoms with Crippen LogP contribution in [-0.4, -0.2) is 20.9 Å². The van der Waals surface area contributed by atoms with E-state index in [1.807, 2.05) is 0 Å². The summed E-state index contributed by atoms with van der Waals surface area (Å²) < 4.78 is 32.8. The van der Waals surface area contributed by atoms with Crippen LogP contribution in [-0.2, 0) is 21.2 Å². The van der Waals surface area contributed by atoms with Crippen molar-refractivity contribution in [1.82, 2.24) is 0 Å². The van der Waals surface area contributed by atoms with Gasteiger partial charge in [-0.25, -0.2) is 8.42 Å². The molecule has 0 bridgehead atoms. The third-order valence-electron chi connectivity index (χ3n) is 4.12. The molecule has 1 amide bonds. The fourth-order valence-corrected chi connectivity index (χ4v) is 3.77. The minimum absolute atomic E-state index is 0.0525. The second-order valence-corrected chi connectivity index (χ2v) is 8.57. The molecule has 0 saturated heterocycles. The summed E-state index contributed by atoms with van der Waals surface area (Å²) in [5, 5.41) is 11.9. The van der Waals surface area contributed by atoms with Crippen LogP contribution in [0.1, 0.15) is 5.56 Å². The molecular weight excluding hydrogens is 438 g/mol. The van der Waals surface area contributed by atoms with Gasteiger partial charge in [0.25, 0.3) is 15.9 Å². The Kier molecular flexibility index (Phi) is 7.13. The summed E-state index contributed by atoms with van der Waals surface area (Å²) in [4.78, 5) is 12.1. The number of benzene rings is 3. The highest BCUT2D eigenvalue weighted by Gasteiger charge is 2.14. The lowest BCUT2D eigenvalue weighted by molar-refractivity contribution is -0.118. The lowest BCUT2D eigenvalue weighted by Crippen LogP contribution is -2.20. The third-order valence-corrected chi connectivity index (χ3v) is 5.77. The highest BCUT2D eigenvalue weighted by molar-refractivity contribution is 7.92. The number of carbonyl (C=O) groups excluding carboxylic acids is 1. The van der Waals surface area contributed by atoms with E-state index in [4.69, 9.17) is 21.6 Å². The standard InChI is InChI=1S/C22H18ClN3O4S/c23-17-3-7-19(8-4-17)26-31(28,29)21-11-9-20(10-12-21)30-15-22(27)25-18-5-1-16(2-6-18)13-14-24/h1-12,26H,13,15H2,(H,25,27). The van der Waals surface area contributed by atoms with Crippen LogP contribution in [0, 0.1) is 11.3 Å². The molecule has 0 heterocycles. The maximum Gasteiger partial charge on any atom is 0.262 e. The van der Waals surface area contributed by atoms with Crippen molar-refractivity contribution in [1.29, 1.82) is 5.26 Å². The number of carbonyl (C=O) groups is 1. The van der Waals surface area contributed by atoms with Gasteiger partial charge in [-0.2, -0.15) is 5.26 Å². The number of ether oxygens (including phenoxy) is 1. The number of halogens is 1. The fraction of sp³-hybridized carbons (Fsp3) is 0.0909. The summed E-state index contributed by atoms with van der Waals surface area (Å²) in [6.07, 6.45) is 0.304. The zero-order valence-corrected chi connectivity index (χ0v) is 17.8. The van der Waals surface area contributed by atoms with Crippen molar-refractivity contribution in [2.24, 2.45) is 0 Å². The van der Waals surface area contributed by atoms with Crippen molar-refractivity contribution in [3.8, 4) is 11.8 Å². The summed E-state index contributed by atoms with van der Waals surface area (Å²) >= 11 is 5.80. The number of amides is 1. The minimum atomic E-state index is -3.77. The Hall–Kier alpha value is -3.54. The van der Waals surface area contributed by atoms with Crippen LogP contribution in [0.2, 0.25) is 5.02 Å². The fourth-order valence-electron chi connectivity index (χ4n) is 2.59. The van der Waals surface area contributed by atoms with Gasteiger partial charge in [-0.05, 0) is 66.2 Å². The number of anilines is 2. The molecule has 0 unspecified atom stereocenters. The van der Waals surface area contributed by atoms with Gasteiger partial charge < -0.3 is 10.1 Å². The number of nitriles is 1. The normalized spacial score (nSPS) is 10.7. The molecule has 0 aliphatic heterocycles. The Morgan fingerprint density at radius 3 is 2.16 bits per heavy atom. The topological polar surface area (TPSA) is 108 Å². The smallest absolute Gasteiger partial charge is 0.262 e. The Balaban J connectivity index is 1.54. The second-order valence-electron chi connectivity index (χ2n) is 6.45. The predicted octanol–water partition coefficient (Wildman–Crippen LogP) is 4.22. The van der Waals surface area contributed by atoms with E-state index in [1.54, 1.807) is 48.5 Å². The number of sulfonamides is 1. The van der Waals surface area contributed by atoms with Gasteiger partial charge in [0.05, 0.1) is 17.4 Å². The highest BCUT2D eigenvalue weighted by atomic mass is 35.5. The lowest BCUT2D eigenvalue weighted by Gasteiger charge is -2.10. The van der Waals surface area contributed by atoms with Gasteiger partial charge in [-0.15, -0.1) is 0 Å². The summed E-state index contributed by atoms with van der Waals surface area (Å²) in [6, 6.07) is 21.0. The molecule has 9 heteroatoms. The first-order valence-corrected chi connectivity index (χ1v) is 11.0. The van der Waals surface area contributed by atoms with E-state index in [2.05, 4.69) is 16.1 Å². The lowest BCUT2D eigenvalue weighted by atomic mass is 10.1. The van der Waals surface area contributed by atoms with E-state index in [1.165, 1.54) is 24.3 Å². The predicted molar refractivity (Wildman–Crippen MR) is 119 cm³/mol. The van der Waals surface area contributed by atoms with E-state index >= 15 is 0 Å².